The van der Waals surface area contributed by atoms with Crippen LogP contribution in [0, 0.1) is 6.92 Å². The second kappa shape index (κ2) is 5.85. The van der Waals surface area contributed by atoms with Gasteiger partial charge in [0.25, 0.3) is 5.56 Å². The number of ether oxygens (including phenoxy) is 2. The zero-order chi connectivity index (χ0) is 21.7. The Morgan fingerprint density at radius 1 is 1.19 bits per heavy atom. The number of hydrogen-bond donors (Lipinski definition) is 2. The maximum Gasteiger partial charge on any atom is 0.343 e. The van der Waals surface area contributed by atoms with Crippen molar-refractivity contribution in [1.82, 2.24) is 9.55 Å². The van der Waals surface area contributed by atoms with Crippen LogP contribution >= 0.6 is 0 Å². The number of rotatable bonds is 1. The molecule has 0 spiro atoms. The van der Waals surface area contributed by atoms with Crippen molar-refractivity contribution >= 4 is 16.9 Å². The molecule has 0 saturated carbocycles. The molecule has 31 heavy (non-hydrogen) atoms. The molecule has 0 saturated heterocycles. The van der Waals surface area contributed by atoms with Crippen LogP contribution in [0.15, 0.2) is 16.9 Å². The van der Waals surface area contributed by atoms with E-state index in [1.54, 1.807) is 24.5 Å². The molecule has 0 aliphatic carbocycles. The Morgan fingerprint density at radius 3 is 2.77 bits per heavy atom. The van der Waals surface area contributed by atoms with Gasteiger partial charge in [-0.2, -0.15) is 0 Å². The quantitative estimate of drug-likeness (QED) is 0.453. The van der Waals surface area contributed by atoms with Crippen LogP contribution in [0.25, 0.3) is 22.3 Å². The van der Waals surface area contributed by atoms with E-state index in [0.717, 1.165) is 16.5 Å². The van der Waals surface area contributed by atoms with E-state index in [1.807, 2.05) is 6.07 Å². The van der Waals surface area contributed by atoms with Crippen molar-refractivity contribution in [2.75, 3.05) is 6.61 Å². The lowest BCUT2D eigenvalue weighted by atomic mass is 9.86. The van der Waals surface area contributed by atoms with Crippen LogP contribution in [0.3, 0.4) is 0 Å². The van der Waals surface area contributed by atoms with Gasteiger partial charge in [0.15, 0.2) is 17.1 Å². The largest absolute Gasteiger partial charge is 0.504 e. The molecule has 0 radical (unpaired) electrons. The van der Waals surface area contributed by atoms with E-state index in [0.29, 0.717) is 58.9 Å². The summed E-state index contributed by atoms with van der Waals surface area (Å²) in [6, 6.07) is 3.52. The predicted molar refractivity (Wildman–Crippen MR) is 110 cm³/mol. The molecule has 0 unspecified atom stereocenters. The monoisotopic (exact) mass is 420 g/mol. The van der Waals surface area contributed by atoms with Crippen LogP contribution in [0.5, 0.6) is 11.5 Å². The number of cyclic esters (lactones) is 1. The summed E-state index contributed by atoms with van der Waals surface area (Å²) in [5, 5.41) is 22.3. The van der Waals surface area contributed by atoms with E-state index >= 15 is 0 Å². The summed E-state index contributed by atoms with van der Waals surface area (Å²) in [7, 11) is 0. The van der Waals surface area contributed by atoms with Gasteiger partial charge >= 0.3 is 5.97 Å². The molecular weight excluding hydrogens is 400 g/mol. The van der Waals surface area contributed by atoms with Crippen molar-refractivity contribution in [3.63, 3.8) is 0 Å². The lowest BCUT2D eigenvalue weighted by Gasteiger charge is -2.31. The molecule has 1 atom stereocenters. The summed E-state index contributed by atoms with van der Waals surface area (Å²) in [5.74, 6) is -0.185. The van der Waals surface area contributed by atoms with E-state index in [-0.39, 0.29) is 24.3 Å². The van der Waals surface area contributed by atoms with Gasteiger partial charge in [0, 0.05) is 22.9 Å². The molecule has 2 aromatic heterocycles. The highest BCUT2D eigenvalue weighted by Gasteiger charge is 2.45. The Morgan fingerprint density at radius 2 is 2.00 bits per heavy atom. The molecule has 3 aliphatic rings. The van der Waals surface area contributed by atoms with Gasteiger partial charge in [-0.25, -0.2) is 9.78 Å². The Kier molecular flexibility index (Phi) is 3.47. The number of phenols is 1. The number of aromatic hydroxyl groups is 1. The van der Waals surface area contributed by atoms with Crippen molar-refractivity contribution < 1.29 is 24.5 Å². The molecular formula is C23H20N2O6. The number of phenolic OH excluding ortho intramolecular Hbond substituents is 1. The number of hydrogen-bond acceptors (Lipinski definition) is 7. The highest BCUT2D eigenvalue weighted by Crippen LogP contribution is 2.46. The number of carbonyl (C=O) groups excluding carboxylic acids is 1. The third kappa shape index (κ3) is 2.15. The van der Waals surface area contributed by atoms with Gasteiger partial charge in [-0.1, -0.05) is 6.92 Å². The fourth-order valence-electron chi connectivity index (χ4n) is 5.09. The fraction of sp³-hybridized carbons (Fsp3) is 0.348. The first-order chi connectivity index (χ1) is 14.8. The summed E-state index contributed by atoms with van der Waals surface area (Å²) in [6.07, 6.45) is 0.740. The summed E-state index contributed by atoms with van der Waals surface area (Å²) in [4.78, 5) is 30.5. The van der Waals surface area contributed by atoms with E-state index in [2.05, 4.69) is 0 Å². The standard InChI is InChI=1S/C23H20N2O6/c1-3-23(29)14-7-16-18-12(8-25(16)21(27)13(14)9-31-22(23)28)11-4-5-30-20-17(11)15(24-18)6-10(2)19(20)26/h6-7,26,29H,3-5,8-9H2,1-2H3/t23-/m0/s1. The molecule has 3 aliphatic heterocycles. The molecule has 3 aromatic rings. The number of aliphatic hydroxyl groups is 1. The first-order valence-corrected chi connectivity index (χ1v) is 10.3. The van der Waals surface area contributed by atoms with Crippen LogP contribution in [0.1, 0.15) is 41.2 Å². The average Bonchev–Trinajstić information content (AvgIpc) is 3.14. The maximum atomic E-state index is 13.3. The van der Waals surface area contributed by atoms with Crippen LogP contribution in [0.4, 0.5) is 0 Å². The molecule has 158 valence electrons. The first-order valence-electron chi connectivity index (χ1n) is 10.3. The maximum absolute atomic E-state index is 13.3. The van der Waals surface area contributed by atoms with Gasteiger partial charge in [0.2, 0.25) is 0 Å². The zero-order valence-corrected chi connectivity index (χ0v) is 17.1. The third-order valence-corrected chi connectivity index (χ3v) is 6.81. The lowest BCUT2D eigenvalue weighted by Crippen LogP contribution is -2.44. The molecule has 2 N–H and O–H groups in total. The first kappa shape index (κ1) is 18.4. The van der Waals surface area contributed by atoms with Gasteiger partial charge in [-0.3, -0.25) is 4.79 Å². The number of benzene rings is 1. The van der Waals surface area contributed by atoms with Crippen LogP contribution < -0.4 is 10.3 Å². The van der Waals surface area contributed by atoms with E-state index in [1.165, 1.54) is 0 Å². The molecule has 0 fully saturated rings. The zero-order valence-electron chi connectivity index (χ0n) is 17.1. The fourth-order valence-corrected chi connectivity index (χ4v) is 5.09. The second-order valence-electron chi connectivity index (χ2n) is 8.38. The molecule has 0 amide bonds. The minimum atomic E-state index is -1.85. The molecule has 6 rings (SSSR count). The van der Waals surface area contributed by atoms with E-state index in [4.69, 9.17) is 14.5 Å². The van der Waals surface area contributed by atoms with Gasteiger partial charge in [-0.15, -0.1) is 0 Å². The van der Waals surface area contributed by atoms with Crippen LogP contribution in [0.2, 0.25) is 0 Å². The Bertz CT molecular complexity index is 1410. The Balaban J connectivity index is 1.68. The lowest BCUT2D eigenvalue weighted by molar-refractivity contribution is -0.172. The van der Waals surface area contributed by atoms with Crippen molar-refractivity contribution in [2.24, 2.45) is 0 Å². The number of pyridine rings is 2. The Labute approximate surface area is 176 Å². The van der Waals surface area contributed by atoms with Crippen molar-refractivity contribution in [3.05, 3.63) is 50.3 Å². The summed E-state index contributed by atoms with van der Waals surface area (Å²) in [5.41, 5.74) is 2.98. The van der Waals surface area contributed by atoms with Crippen molar-refractivity contribution in [2.45, 2.75) is 45.4 Å². The number of fused-ring (bicyclic) bond motifs is 5. The third-order valence-electron chi connectivity index (χ3n) is 6.81. The Hall–Kier alpha value is -3.39. The molecule has 8 heteroatoms. The summed E-state index contributed by atoms with van der Waals surface area (Å²) in [6.45, 7) is 4.08. The predicted octanol–water partition coefficient (Wildman–Crippen LogP) is 2.03. The molecule has 0 bridgehead atoms. The summed E-state index contributed by atoms with van der Waals surface area (Å²) < 4.78 is 12.5. The molecule has 5 heterocycles. The van der Waals surface area contributed by atoms with Crippen molar-refractivity contribution in [3.8, 4) is 22.9 Å². The normalized spacial score (nSPS) is 20.7. The van der Waals surface area contributed by atoms with Gasteiger partial charge in [0.05, 0.1) is 35.6 Å². The highest BCUT2D eigenvalue weighted by atomic mass is 16.6. The number of nitrogens with zero attached hydrogens (tertiary/aromatic N) is 2. The van der Waals surface area contributed by atoms with Gasteiger partial charge < -0.3 is 24.3 Å². The average molecular weight is 420 g/mol. The number of carbonyl (C=O) groups is 1. The van der Waals surface area contributed by atoms with E-state index in [9.17, 15) is 19.8 Å². The molecule has 1 aromatic carbocycles. The van der Waals surface area contributed by atoms with Crippen LogP contribution in [-0.4, -0.2) is 32.3 Å². The van der Waals surface area contributed by atoms with E-state index < -0.39 is 11.6 Å². The smallest absolute Gasteiger partial charge is 0.343 e. The molecule has 8 nitrogen and oxygen atoms in total. The van der Waals surface area contributed by atoms with Gasteiger partial charge in [0.1, 0.15) is 6.61 Å². The SMILES string of the molecule is CC[C@@]1(O)C(=O)OCc2c1cc1n(c2=O)Cc2c-1nc1cc(C)c(O)c3c1c2CCO3. The summed E-state index contributed by atoms with van der Waals surface area (Å²) >= 11 is 0. The minimum Gasteiger partial charge on any atom is -0.504 e. The highest BCUT2D eigenvalue weighted by molar-refractivity contribution is 5.96. The number of aryl methyl sites for hydroxylation is 1. The topological polar surface area (TPSA) is 111 Å². The van der Waals surface area contributed by atoms with Crippen molar-refractivity contribution in [1.29, 1.82) is 0 Å². The van der Waals surface area contributed by atoms with Crippen LogP contribution in [-0.2, 0) is 34.7 Å². The van der Waals surface area contributed by atoms with Gasteiger partial charge in [-0.05, 0) is 36.6 Å². The number of aromatic nitrogens is 2. The minimum absolute atomic E-state index is 0.101. The second-order valence-corrected chi connectivity index (χ2v) is 8.38. The number of esters is 1.